The molecule has 3 aromatic rings. The number of aryl methyl sites for hydroxylation is 3. The van der Waals surface area contributed by atoms with Crippen molar-refractivity contribution in [1.29, 1.82) is 0 Å². The Morgan fingerprint density at radius 2 is 1.83 bits per heavy atom. The fraction of sp³-hybridized carbons (Fsp3) is 0.333. The lowest BCUT2D eigenvalue weighted by atomic mass is 10.1. The first-order valence-corrected chi connectivity index (χ1v) is 10.0. The zero-order chi connectivity index (χ0) is 21.5. The fourth-order valence-corrected chi connectivity index (χ4v) is 3.46. The number of hydrogen-bond acceptors (Lipinski definition) is 4. The molecule has 1 aromatic heterocycles. The summed E-state index contributed by atoms with van der Waals surface area (Å²) < 4.78 is 12.6. The van der Waals surface area contributed by atoms with E-state index in [-0.39, 0.29) is 5.91 Å². The zero-order valence-electron chi connectivity index (χ0n) is 18.1. The van der Waals surface area contributed by atoms with Crippen LogP contribution in [-0.2, 0) is 24.3 Å². The number of hydrogen-bond donors (Lipinski definition) is 1. The standard InChI is InChI=1S/C24H29N3O3/c1-17-12-18(2)27(26-17)16-20-7-5-6-19(13-20)15-25-24(28)11-8-21-14-22(29-3)9-10-23(21)30-4/h5-7,9-10,12-14H,8,11,15-16H2,1-4H3,(H,25,28). The molecule has 0 atom stereocenters. The van der Waals surface area contributed by atoms with Gasteiger partial charge in [0.1, 0.15) is 11.5 Å². The van der Waals surface area contributed by atoms with Gasteiger partial charge in [-0.2, -0.15) is 5.10 Å². The summed E-state index contributed by atoms with van der Waals surface area (Å²) in [5, 5.41) is 7.53. The van der Waals surface area contributed by atoms with Gasteiger partial charge in [0.05, 0.1) is 26.5 Å². The van der Waals surface area contributed by atoms with Gasteiger partial charge >= 0.3 is 0 Å². The van der Waals surface area contributed by atoms with Crippen LogP contribution in [0.4, 0.5) is 0 Å². The largest absolute Gasteiger partial charge is 0.497 e. The topological polar surface area (TPSA) is 65.4 Å². The second-order valence-electron chi connectivity index (χ2n) is 7.36. The van der Waals surface area contributed by atoms with E-state index < -0.39 is 0 Å². The molecule has 2 aromatic carbocycles. The summed E-state index contributed by atoms with van der Waals surface area (Å²) in [5.74, 6) is 1.52. The van der Waals surface area contributed by atoms with E-state index in [1.807, 2.05) is 41.9 Å². The summed E-state index contributed by atoms with van der Waals surface area (Å²) in [4.78, 5) is 12.4. The van der Waals surface area contributed by atoms with Crippen molar-refractivity contribution < 1.29 is 14.3 Å². The minimum absolute atomic E-state index is 0.00354. The first-order chi connectivity index (χ1) is 14.5. The fourth-order valence-electron chi connectivity index (χ4n) is 3.46. The van der Waals surface area contributed by atoms with E-state index in [1.54, 1.807) is 14.2 Å². The number of aromatic nitrogens is 2. The van der Waals surface area contributed by atoms with Crippen LogP contribution in [0.1, 0.15) is 34.5 Å². The molecule has 158 valence electrons. The van der Waals surface area contributed by atoms with Gasteiger partial charge in [0.25, 0.3) is 0 Å². The van der Waals surface area contributed by atoms with E-state index in [4.69, 9.17) is 9.47 Å². The molecule has 3 rings (SSSR count). The number of rotatable bonds is 9. The highest BCUT2D eigenvalue weighted by atomic mass is 16.5. The van der Waals surface area contributed by atoms with E-state index in [9.17, 15) is 4.79 Å². The Hall–Kier alpha value is -3.28. The highest BCUT2D eigenvalue weighted by Crippen LogP contribution is 2.25. The minimum atomic E-state index is 0.00354. The van der Waals surface area contributed by atoms with Crippen molar-refractivity contribution in [2.45, 2.75) is 39.8 Å². The molecule has 0 saturated heterocycles. The van der Waals surface area contributed by atoms with E-state index >= 15 is 0 Å². The molecule has 1 N–H and O–H groups in total. The van der Waals surface area contributed by atoms with Gasteiger partial charge < -0.3 is 14.8 Å². The van der Waals surface area contributed by atoms with Crippen LogP contribution >= 0.6 is 0 Å². The summed E-state index contributed by atoms with van der Waals surface area (Å²) in [5.41, 5.74) is 5.34. The molecule has 0 aliphatic carbocycles. The number of carbonyl (C=O) groups is 1. The van der Waals surface area contributed by atoms with Gasteiger partial charge in [0.2, 0.25) is 5.91 Å². The summed E-state index contributed by atoms with van der Waals surface area (Å²) in [6.45, 7) is 5.27. The van der Waals surface area contributed by atoms with Gasteiger partial charge in [0, 0.05) is 18.7 Å². The predicted molar refractivity (Wildman–Crippen MR) is 117 cm³/mol. The number of nitrogens with zero attached hydrogens (tertiary/aromatic N) is 2. The van der Waals surface area contributed by atoms with Crippen LogP contribution in [0.15, 0.2) is 48.5 Å². The average molecular weight is 408 g/mol. The van der Waals surface area contributed by atoms with Crippen LogP contribution in [-0.4, -0.2) is 29.9 Å². The van der Waals surface area contributed by atoms with Gasteiger partial charge in [-0.3, -0.25) is 9.48 Å². The number of amides is 1. The van der Waals surface area contributed by atoms with Crippen molar-refractivity contribution in [1.82, 2.24) is 15.1 Å². The zero-order valence-corrected chi connectivity index (χ0v) is 18.1. The maximum atomic E-state index is 12.4. The number of methoxy groups -OCH3 is 2. The Morgan fingerprint density at radius 3 is 2.53 bits per heavy atom. The molecule has 6 heteroatoms. The second kappa shape index (κ2) is 9.96. The smallest absolute Gasteiger partial charge is 0.220 e. The highest BCUT2D eigenvalue weighted by molar-refractivity contribution is 5.76. The second-order valence-corrected chi connectivity index (χ2v) is 7.36. The molecular formula is C24H29N3O3. The minimum Gasteiger partial charge on any atom is -0.497 e. The van der Waals surface area contributed by atoms with E-state index in [0.717, 1.165) is 46.1 Å². The molecule has 0 fully saturated rings. The quantitative estimate of drug-likeness (QED) is 0.586. The normalized spacial score (nSPS) is 10.7. The van der Waals surface area contributed by atoms with Crippen molar-refractivity contribution in [3.63, 3.8) is 0 Å². The van der Waals surface area contributed by atoms with Gasteiger partial charge in [-0.1, -0.05) is 24.3 Å². The van der Waals surface area contributed by atoms with Crippen molar-refractivity contribution in [3.05, 3.63) is 76.6 Å². The SMILES string of the molecule is COc1ccc(OC)c(CCC(=O)NCc2cccc(Cn3nc(C)cc3C)c2)c1. The molecule has 6 nitrogen and oxygen atoms in total. The van der Waals surface area contributed by atoms with Gasteiger partial charge in [-0.05, 0) is 61.2 Å². The van der Waals surface area contributed by atoms with E-state index in [1.165, 1.54) is 0 Å². The van der Waals surface area contributed by atoms with Crippen molar-refractivity contribution in [2.24, 2.45) is 0 Å². The molecule has 1 amide bonds. The van der Waals surface area contributed by atoms with E-state index in [2.05, 4.69) is 35.5 Å². The summed E-state index contributed by atoms with van der Waals surface area (Å²) in [6, 6.07) is 15.9. The first-order valence-electron chi connectivity index (χ1n) is 10.0. The Kier molecular flexibility index (Phi) is 7.12. The average Bonchev–Trinajstić information content (AvgIpc) is 3.07. The Balaban J connectivity index is 1.54. The van der Waals surface area contributed by atoms with E-state index in [0.29, 0.717) is 19.4 Å². The third kappa shape index (κ3) is 5.63. The lowest BCUT2D eigenvalue weighted by molar-refractivity contribution is -0.121. The molecular weight excluding hydrogens is 378 g/mol. The maximum Gasteiger partial charge on any atom is 0.220 e. The summed E-state index contributed by atoms with van der Waals surface area (Å²) in [7, 11) is 3.26. The maximum absolute atomic E-state index is 12.4. The molecule has 0 aliphatic heterocycles. The molecule has 0 aliphatic rings. The summed E-state index contributed by atoms with van der Waals surface area (Å²) in [6.07, 6.45) is 0.971. The molecule has 30 heavy (non-hydrogen) atoms. The molecule has 0 radical (unpaired) electrons. The van der Waals surface area contributed by atoms with Crippen molar-refractivity contribution >= 4 is 5.91 Å². The summed E-state index contributed by atoms with van der Waals surface area (Å²) >= 11 is 0. The van der Waals surface area contributed by atoms with Crippen molar-refractivity contribution in [2.75, 3.05) is 14.2 Å². The number of benzene rings is 2. The van der Waals surface area contributed by atoms with Gasteiger partial charge in [-0.15, -0.1) is 0 Å². The molecule has 0 unspecified atom stereocenters. The molecule has 1 heterocycles. The monoisotopic (exact) mass is 407 g/mol. The molecule has 0 spiro atoms. The molecule has 0 bridgehead atoms. The Labute approximate surface area is 177 Å². The van der Waals surface area contributed by atoms with Crippen LogP contribution in [0, 0.1) is 13.8 Å². The lowest BCUT2D eigenvalue weighted by Crippen LogP contribution is -2.23. The van der Waals surface area contributed by atoms with Crippen LogP contribution < -0.4 is 14.8 Å². The third-order valence-corrected chi connectivity index (χ3v) is 5.03. The number of ether oxygens (including phenoxy) is 2. The Bertz CT molecular complexity index is 1010. The first kappa shape index (κ1) is 21.4. The predicted octanol–water partition coefficient (Wildman–Crippen LogP) is 3.81. The third-order valence-electron chi connectivity index (χ3n) is 5.03. The number of carbonyl (C=O) groups excluding carboxylic acids is 1. The van der Waals surface area contributed by atoms with Crippen LogP contribution in [0.3, 0.4) is 0 Å². The van der Waals surface area contributed by atoms with Gasteiger partial charge in [0.15, 0.2) is 0 Å². The number of nitrogens with one attached hydrogen (secondary N) is 1. The van der Waals surface area contributed by atoms with Crippen LogP contribution in [0.5, 0.6) is 11.5 Å². The van der Waals surface area contributed by atoms with Gasteiger partial charge in [-0.25, -0.2) is 0 Å². The Morgan fingerprint density at radius 1 is 1.03 bits per heavy atom. The van der Waals surface area contributed by atoms with Crippen molar-refractivity contribution in [3.8, 4) is 11.5 Å². The highest BCUT2D eigenvalue weighted by Gasteiger charge is 2.09. The molecule has 0 saturated carbocycles. The van der Waals surface area contributed by atoms with Crippen LogP contribution in [0.25, 0.3) is 0 Å². The van der Waals surface area contributed by atoms with Crippen LogP contribution in [0.2, 0.25) is 0 Å². The lowest BCUT2D eigenvalue weighted by Gasteiger charge is -2.11.